The summed E-state index contributed by atoms with van der Waals surface area (Å²) < 4.78 is 6.89. The maximum absolute atomic E-state index is 13.0. The number of nitrogens with one attached hydrogen (secondary N) is 1. The fraction of sp³-hybridized carbons (Fsp3) is 0.375. The van der Waals surface area contributed by atoms with Gasteiger partial charge in [0.15, 0.2) is 0 Å². The van der Waals surface area contributed by atoms with Crippen LogP contribution in [0.2, 0.25) is 0 Å². The van der Waals surface area contributed by atoms with Crippen LogP contribution in [0.1, 0.15) is 41.7 Å². The van der Waals surface area contributed by atoms with E-state index in [4.69, 9.17) is 9.84 Å². The monoisotopic (exact) mass is 454 g/mol. The predicted molar refractivity (Wildman–Crippen MR) is 128 cm³/mol. The summed E-state index contributed by atoms with van der Waals surface area (Å²) in [6.45, 7) is 8.83. The van der Waals surface area contributed by atoms with Crippen LogP contribution in [-0.2, 0) is 14.9 Å². The van der Waals surface area contributed by atoms with Crippen molar-refractivity contribution in [3.8, 4) is 5.69 Å². The summed E-state index contributed by atoms with van der Waals surface area (Å²) in [4.78, 5) is 28.0. The third-order valence-electron chi connectivity index (χ3n) is 5.01. The number of amides is 2. The number of nitrogens with zero attached hydrogens (tertiary/aromatic N) is 3. The fourth-order valence-corrected chi connectivity index (χ4v) is 3.88. The van der Waals surface area contributed by atoms with Crippen LogP contribution in [0.3, 0.4) is 0 Å². The summed E-state index contributed by atoms with van der Waals surface area (Å²) in [5.41, 5.74) is 2.61. The van der Waals surface area contributed by atoms with Crippen LogP contribution < -0.4 is 5.32 Å². The number of rotatable bonds is 8. The van der Waals surface area contributed by atoms with Gasteiger partial charge in [-0.15, -0.1) is 11.3 Å². The zero-order valence-corrected chi connectivity index (χ0v) is 20.0. The number of para-hydroxylation sites is 1. The molecule has 0 saturated carbocycles. The van der Waals surface area contributed by atoms with Gasteiger partial charge >= 0.3 is 0 Å². The summed E-state index contributed by atoms with van der Waals surface area (Å²) in [6.07, 6.45) is 0. The molecule has 1 aromatic carbocycles. The maximum Gasteiger partial charge on any atom is 0.264 e. The van der Waals surface area contributed by atoms with Crippen LogP contribution >= 0.6 is 11.3 Å². The Morgan fingerprint density at radius 3 is 2.56 bits per heavy atom. The summed E-state index contributed by atoms with van der Waals surface area (Å²) >= 11 is 1.35. The van der Waals surface area contributed by atoms with Gasteiger partial charge in [0, 0.05) is 25.1 Å². The van der Waals surface area contributed by atoms with E-state index in [0.29, 0.717) is 23.8 Å². The molecule has 0 spiro atoms. The largest absolute Gasteiger partial charge is 0.383 e. The molecule has 1 N–H and O–H groups in total. The first kappa shape index (κ1) is 23.7. The van der Waals surface area contributed by atoms with Crippen molar-refractivity contribution in [2.45, 2.75) is 33.1 Å². The van der Waals surface area contributed by atoms with E-state index in [-0.39, 0.29) is 23.8 Å². The minimum Gasteiger partial charge on any atom is -0.383 e. The number of carbonyl (C=O) groups is 2. The van der Waals surface area contributed by atoms with E-state index in [1.165, 1.54) is 16.2 Å². The van der Waals surface area contributed by atoms with Crippen molar-refractivity contribution in [3.63, 3.8) is 0 Å². The van der Waals surface area contributed by atoms with Gasteiger partial charge in [-0.25, -0.2) is 4.68 Å². The lowest BCUT2D eigenvalue weighted by molar-refractivity contribution is -0.117. The van der Waals surface area contributed by atoms with E-state index >= 15 is 0 Å². The molecule has 2 heterocycles. The molecule has 0 saturated heterocycles. The molecular weight excluding hydrogens is 424 g/mol. The molecule has 3 aromatic rings. The molecule has 2 aromatic heterocycles. The second kappa shape index (κ2) is 10.1. The minimum atomic E-state index is -0.291. The highest BCUT2D eigenvalue weighted by atomic mass is 32.1. The lowest BCUT2D eigenvalue weighted by atomic mass is 9.92. The van der Waals surface area contributed by atoms with E-state index in [0.717, 1.165) is 16.9 Å². The lowest BCUT2D eigenvalue weighted by Crippen LogP contribution is -2.39. The number of aryl methyl sites for hydroxylation is 1. The molecular formula is C24H30N4O3S. The highest BCUT2D eigenvalue weighted by molar-refractivity contribution is 7.12. The molecule has 0 radical (unpaired) electrons. The molecule has 170 valence electrons. The van der Waals surface area contributed by atoms with E-state index in [1.54, 1.807) is 17.9 Å². The standard InChI is InChI=1S/C24H30N4O3S/c1-17-9-6-7-10-18(17)28-21(15-20(26-28)24(2,3)4)25-22(29)16-27(12-13-31-5)23(30)19-11-8-14-32-19/h6-11,14-15H,12-13,16H2,1-5H3,(H,25,29). The number of anilines is 1. The minimum absolute atomic E-state index is 0.0795. The quantitative estimate of drug-likeness (QED) is 0.552. The van der Waals surface area contributed by atoms with E-state index < -0.39 is 0 Å². The average Bonchev–Trinajstić information content (AvgIpc) is 3.41. The zero-order chi connectivity index (χ0) is 23.3. The van der Waals surface area contributed by atoms with Crippen LogP contribution in [0, 0.1) is 6.92 Å². The first-order chi connectivity index (χ1) is 15.2. The average molecular weight is 455 g/mol. The topological polar surface area (TPSA) is 76.5 Å². The predicted octanol–water partition coefficient (Wildman–Crippen LogP) is 4.27. The van der Waals surface area contributed by atoms with Crippen LogP contribution in [0.25, 0.3) is 5.69 Å². The molecule has 3 rings (SSSR count). The van der Waals surface area contributed by atoms with Gasteiger partial charge in [0.1, 0.15) is 12.4 Å². The smallest absolute Gasteiger partial charge is 0.264 e. The Kier molecular flexibility index (Phi) is 7.48. The summed E-state index contributed by atoms with van der Waals surface area (Å²) in [5, 5.41) is 9.58. The SMILES string of the molecule is COCCN(CC(=O)Nc1cc(C(C)(C)C)nn1-c1ccccc1C)C(=O)c1cccs1. The molecule has 2 amide bonds. The molecule has 32 heavy (non-hydrogen) atoms. The Bertz CT molecular complexity index is 1070. The molecule has 7 nitrogen and oxygen atoms in total. The Balaban J connectivity index is 1.86. The molecule has 0 bridgehead atoms. The molecule has 0 aliphatic heterocycles. The third-order valence-corrected chi connectivity index (χ3v) is 5.87. The highest BCUT2D eigenvalue weighted by Crippen LogP contribution is 2.27. The third kappa shape index (κ3) is 5.63. The van der Waals surface area contributed by atoms with Crippen LogP contribution in [0.5, 0.6) is 0 Å². The van der Waals surface area contributed by atoms with Crippen LogP contribution in [-0.4, -0.2) is 53.3 Å². The number of thiophene rings is 1. The van der Waals surface area contributed by atoms with Crippen molar-refractivity contribution >= 4 is 29.0 Å². The van der Waals surface area contributed by atoms with Crippen LogP contribution in [0.4, 0.5) is 5.82 Å². The number of ether oxygens (including phenoxy) is 1. The van der Waals surface area contributed by atoms with Crippen molar-refractivity contribution in [2.75, 3.05) is 32.1 Å². The summed E-state index contributed by atoms with van der Waals surface area (Å²) in [6, 6.07) is 13.4. The normalized spacial score (nSPS) is 11.4. The second-order valence-corrected chi connectivity index (χ2v) is 9.56. The molecule has 0 unspecified atom stereocenters. The van der Waals surface area contributed by atoms with Crippen LogP contribution in [0.15, 0.2) is 47.8 Å². The molecule has 8 heteroatoms. The zero-order valence-electron chi connectivity index (χ0n) is 19.2. The molecule has 0 aliphatic rings. The van der Waals surface area contributed by atoms with Gasteiger partial charge in [0.05, 0.1) is 22.9 Å². The Morgan fingerprint density at radius 2 is 1.94 bits per heavy atom. The van der Waals surface area contributed by atoms with Crippen molar-refractivity contribution in [1.82, 2.24) is 14.7 Å². The number of aromatic nitrogens is 2. The van der Waals surface area contributed by atoms with Gasteiger partial charge in [-0.2, -0.15) is 5.10 Å². The molecule has 0 aliphatic carbocycles. The van der Waals surface area contributed by atoms with Gasteiger partial charge in [-0.3, -0.25) is 9.59 Å². The van der Waals surface area contributed by atoms with Crippen molar-refractivity contribution in [3.05, 3.63) is 64.0 Å². The number of methoxy groups -OCH3 is 1. The van der Waals surface area contributed by atoms with Gasteiger partial charge in [0.2, 0.25) is 5.91 Å². The second-order valence-electron chi connectivity index (χ2n) is 8.61. The molecule has 0 fully saturated rings. The Hall–Kier alpha value is -2.97. The van der Waals surface area contributed by atoms with Gasteiger partial charge in [-0.1, -0.05) is 45.0 Å². The lowest BCUT2D eigenvalue weighted by Gasteiger charge is -2.21. The van der Waals surface area contributed by atoms with Crippen molar-refractivity contribution < 1.29 is 14.3 Å². The molecule has 0 atom stereocenters. The number of hydrogen-bond acceptors (Lipinski definition) is 5. The maximum atomic E-state index is 13.0. The van der Waals surface area contributed by atoms with Gasteiger partial charge in [-0.05, 0) is 30.0 Å². The van der Waals surface area contributed by atoms with E-state index in [1.807, 2.05) is 48.7 Å². The van der Waals surface area contributed by atoms with Gasteiger partial charge < -0.3 is 15.0 Å². The Morgan fingerprint density at radius 1 is 1.19 bits per heavy atom. The van der Waals surface area contributed by atoms with Gasteiger partial charge in [0.25, 0.3) is 5.91 Å². The summed E-state index contributed by atoms with van der Waals surface area (Å²) in [5.74, 6) is 0.0979. The Labute approximate surface area is 193 Å². The fourth-order valence-electron chi connectivity index (χ4n) is 3.19. The first-order valence-electron chi connectivity index (χ1n) is 10.5. The van der Waals surface area contributed by atoms with E-state index in [2.05, 4.69) is 26.1 Å². The highest BCUT2D eigenvalue weighted by Gasteiger charge is 2.24. The number of hydrogen-bond donors (Lipinski definition) is 1. The number of benzene rings is 1. The van der Waals surface area contributed by atoms with Crippen molar-refractivity contribution in [2.24, 2.45) is 0 Å². The first-order valence-corrected chi connectivity index (χ1v) is 11.4. The summed E-state index contributed by atoms with van der Waals surface area (Å²) in [7, 11) is 1.57. The number of carbonyl (C=O) groups excluding carboxylic acids is 2. The van der Waals surface area contributed by atoms with Crippen molar-refractivity contribution in [1.29, 1.82) is 0 Å². The van der Waals surface area contributed by atoms with E-state index in [9.17, 15) is 9.59 Å².